The van der Waals surface area contributed by atoms with Crippen LogP contribution in [0.3, 0.4) is 0 Å². The fourth-order valence-electron chi connectivity index (χ4n) is 3.19. The molecule has 1 saturated heterocycles. The SMILES string of the molecule is O=C(CCN1C(=O)SC(=Cc2cccs2)C1=O)NCCc1c[nH]c2ccc(F)cc12. The maximum absolute atomic E-state index is 13.4. The van der Waals surface area contributed by atoms with Crippen molar-refractivity contribution in [2.75, 3.05) is 13.1 Å². The first-order chi connectivity index (χ1) is 14.5. The van der Waals surface area contributed by atoms with E-state index in [2.05, 4.69) is 10.3 Å². The molecule has 0 spiro atoms. The van der Waals surface area contributed by atoms with Crippen molar-refractivity contribution in [2.24, 2.45) is 0 Å². The molecule has 1 fully saturated rings. The lowest BCUT2D eigenvalue weighted by atomic mass is 10.1. The second kappa shape index (κ2) is 8.85. The number of amides is 3. The van der Waals surface area contributed by atoms with Gasteiger partial charge in [0.1, 0.15) is 5.82 Å². The van der Waals surface area contributed by atoms with Crippen molar-refractivity contribution < 1.29 is 18.8 Å². The van der Waals surface area contributed by atoms with Gasteiger partial charge >= 0.3 is 0 Å². The number of rotatable bonds is 7. The number of fused-ring (bicyclic) bond motifs is 1. The predicted octanol–water partition coefficient (Wildman–Crippen LogP) is 4.15. The van der Waals surface area contributed by atoms with E-state index >= 15 is 0 Å². The third-order valence-corrected chi connectivity index (χ3v) is 6.43. The summed E-state index contributed by atoms with van der Waals surface area (Å²) in [6, 6.07) is 8.28. The highest BCUT2D eigenvalue weighted by atomic mass is 32.2. The topological polar surface area (TPSA) is 82.3 Å². The average molecular weight is 444 g/mol. The van der Waals surface area contributed by atoms with Crippen molar-refractivity contribution in [3.05, 3.63) is 63.1 Å². The number of halogens is 1. The highest BCUT2D eigenvalue weighted by Gasteiger charge is 2.35. The monoisotopic (exact) mass is 443 g/mol. The third-order valence-electron chi connectivity index (χ3n) is 4.70. The minimum Gasteiger partial charge on any atom is -0.361 e. The molecule has 0 unspecified atom stereocenters. The molecule has 3 amide bonds. The van der Waals surface area contributed by atoms with Crippen LogP contribution >= 0.6 is 23.1 Å². The molecule has 0 radical (unpaired) electrons. The summed E-state index contributed by atoms with van der Waals surface area (Å²) in [7, 11) is 0. The first kappa shape index (κ1) is 20.4. The van der Waals surface area contributed by atoms with Gasteiger partial charge in [0.2, 0.25) is 5.91 Å². The normalized spacial score (nSPS) is 15.5. The third kappa shape index (κ3) is 4.47. The van der Waals surface area contributed by atoms with Gasteiger partial charge in [-0.2, -0.15) is 0 Å². The van der Waals surface area contributed by atoms with Crippen molar-refractivity contribution in [2.45, 2.75) is 12.8 Å². The number of hydrogen-bond donors (Lipinski definition) is 2. The van der Waals surface area contributed by atoms with Gasteiger partial charge < -0.3 is 10.3 Å². The molecule has 0 aliphatic carbocycles. The van der Waals surface area contributed by atoms with Crippen molar-refractivity contribution in [3.8, 4) is 0 Å². The quantitative estimate of drug-likeness (QED) is 0.538. The lowest BCUT2D eigenvalue weighted by Gasteiger charge is -2.12. The molecule has 3 heterocycles. The summed E-state index contributed by atoms with van der Waals surface area (Å²) in [5.41, 5.74) is 1.75. The minimum atomic E-state index is -0.369. The number of imide groups is 1. The second-order valence-electron chi connectivity index (χ2n) is 6.70. The van der Waals surface area contributed by atoms with E-state index in [4.69, 9.17) is 0 Å². The molecular weight excluding hydrogens is 425 g/mol. The molecule has 6 nitrogen and oxygen atoms in total. The van der Waals surface area contributed by atoms with Crippen LogP contribution in [0.2, 0.25) is 0 Å². The summed E-state index contributed by atoms with van der Waals surface area (Å²) in [5.74, 6) is -0.924. The van der Waals surface area contributed by atoms with E-state index in [0.29, 0.717) is 17.9 Å². The van der Waals surface area contributed by atoms with Crippen LogP contribution in [-0.4, -0.2) is 40.0 Å². The van der Waals surface area contributed by atoms with Gasteiger partial charge in [0, 0.05) is 41.5 Å². The molecule has 2 aromatic heterocycles. The maximum Gasteiger partial charge on any atom is 0.293 e. The Balaban J connectivity index is 1.27. The largest absolute Gasteiger partial charge is 0.361 e. The van der Waals surface area contributed by atoms with E-state index in [0.717, 1.165) is 38.0 Å². The Labute approximate surface area is 180 Å². The van der Waals surface area contributed by atoms with Gasteiger partial charge in [0.25, 0.3) is 11.1 Å². The molecule has 0 saturated carbocycles. The summed E-state index contributed by atoms with van der Waals surface area (Å²) in [4.78, 5) is 42.2. The molecule has 1 aliphatic heterocycles. The fourth-order valence-corrected chi connectivity index (χ4v) is 4.78. The van der Waals surface area contributed by atoms with Gasteiger partial charge in [0.05, 0.1) is 4.91 Å². The molecular formula is C21H18FN3O3S2. The van der Waals surface area contributed by atoms with Gasteiger partial charge in [-0.05, 0) is 59.5 Å². The van der Waals surface area contributed by atoms with Crippen molar-refractivity contribution in [1.82, 2.24) is 15.2 Å². The van der Waals surface area contributed by atoms with E-state index in [-0.39, 0.29) is 35.8 Å². The smallest absolute Gasteiger partial charge is 0.293 e. The molecule has 1 aliphatic rings. The van der Waals surface area contributed by atoms with Gasteiger partial charge in [-0.3, -0.25) is 19.3 Å². The van der Waals surface area contributed by atoms with Crippen LogP contribution in [0.1, 0.15) is 16.9 Å². The maximum atomic E-state index is 13.4. The van der Waals surface area contributed by atoms with Crippen LogP contribution in [0.5, 0.6) is 0 Å². The molecule has 0 bridgehead atoms. The van der Waals surface area contributed by atoms with Gasteiger partial charge in [-0.25, -0.2) is 4.39 Å². The molecule has 9 heteroatoms. The summed E-state index contributed by atoms with van der Waals surface area (Å²) < 4.78 is 13.4. The van der Waals surface area contributed by atoms with Crippen LogP contribution in [0.25, 0.3) is 17.0 Å². The highest BCUT2D eigenvalue weighted by Crippen LogP contribution is 2.32. The number of thiophene rings is 1. The molecule has 1 aromatic carbocycles. The first-order valence-electron chi connectivity index (χ1n) is 9.32. The lowest BCUT2D eigenvalue weighted by Crippen LogP contribution is -2.34. The summed E-state index contributed by atoms with van der Waals surface area (Å²) in [6.07, 6.45) is 4.07. The van der Waals surface area contributed by atoms with Crippen molar-refractivity contribution in [3.63, 3.8) is 0 Å². The number of carbonyl (C=O) groups excluding carboxylic acids is 3. The Hall–Kier alpha value is -2.91. The first-order valence-corrected chi connectivity index (χ1v) is 11.0. The number of H-pyrrole nitrogens is 1. The van der Waals surface area contributed by atoms with E-state index in [1.165, 1.54) is 23.5 Å². The van der Waals surface area contributed by atoms with Crippen LogP contribution < -0.4 is 5.32 Å². The van der Waals surface area contributed by atoms with E-state index in [1.54, 1.807) is 18.3 Å². The number of aromatic amines is 1. The number of carbonyl (C=O) groups is 3. The Bertz CT molecular complexity index is 1140. The molecule has 30 heavy (non-hydrogen) atoms. The molecule has 3 aromatic rings. The number of hydrogen-bond acceptors (Lipinski definition) is 5. The molecule has 2 N–H and O–H groups in total. The van der Waals surface area contributed by atoms with Gasteiger partial charge in [-0.15, -0.1) is 11.3 Å². The summed E-state index contributed by atoms with van der Waals surface area (Å²) in [5, 5.41) is 5.11. The van der Waals surface area contributed by atoms with E-state index < -0.39 is 0 Å². The fraction of sp³-hybridized carbons (Fsp3) is 0.190. The van der Waals surface area contributed by atoms with E-state index in [1.807, 2.05) is 17.5 Å². The van der Waals surface area contributed by atoms with Crippen LogP contribution in [0.15, 0.2) is 46.8 Å². The predicted molar refractivity (Wildman–Crippen MR) is 117 cm³/mol. The number of thioether (sulfide) groups is 1. The standard InChI is InChI=1S/C21H18FN3O3S2/c22-14-3-4-17-16(10-14)13(12-24-17)5-7-23-19(26)6-8-25-20(27)18(30-21(25)28)11-15-2-1-9-29-15/h1-4,9-12,24H,5-8H2,(H,23,26). The zero-order chi connectivity index (χ0) is 21.1. The van der Waals surface area contributed by atoms with Gasteiger partial charge in [-0.1, -0.05) is 6.07 Å². The average Bonchev–Trinajstić information content (AvgIpc) is 3.42. The summed E-state index contributed by atoms with van der Waals surface area (Å²) >= 11 is 2.37. The zero-order valence-electron chi connectivity index (χ0n) is 15.8. The van der Waals surface area contributed by atoms with E-state index in [9.17, 15) is 18.8 Å². The van der Waals surface area contributed by atoms with Crippen LogP contribution in [0.4, 0.5) is 9.18 Å². The van der Waals surface area contributed by atoms with Gasteiger partial charge in [0.15, 0.2) is 0 Å². The van der Waals surface area contributed by atoms with Crippen molar-refractivity contribution >= 4 is 57.1 Å². The Morgan fingerprint density at radius 1 is 1.27 bits per heavy atom. The number of nitrogens with zero attached hydrogens (tertiary/aromatic N) is 1. The number of benzene rings is 1. The number of nitrogens with one attached hydrogen (secondary N) is 2. The summed E-state index contributed by atoms with van der Waals surface area (Å²) in [6.45, 7) is 0.416. The zero-order valence-corrected chi connectivity index (χ0v) is 17.4. The Morgan fingerprint density at radius 3 is 2.93 bits per heavy atom. The minimum absolute atomic E-state index is 0.0346. The Kier molecular flexibility index (Phi) is 6.01. The Morgan fingerprint density at radius 2 is 2.13 bits per heavy atom. The highest BCUT2D eigenvalue weighted by molar-refractivity contribution is 8.18. The second-order valence-corrected chi connectivity index (χ2v) is 8.68. The molecule has 154 valence electrons. The molecule has 4 rings (SSSR count). The van der Waals surface area contributed by atoms with Crippen LogP contribution in [0, 0.1) is 5.82 Å². The van der Waals surface area contributed by atoms with Crippen molar-refractivity contribution in [1.29, 1.82) is 0 Å². The van der Waals surface area contributed by atoms with Crippen LogP contribution in [-0.2, 0) is 16.0 Å². The molecule has 0 atom stereocenters. The lowest BCUT2D eigenvalue weighted by molar-refractivity contribution is -0.124. The number of aromatic nitrogens is 1.